The van der Waals surface area contributed by atoms with Gasteiger partial charge in [0.15, 0.2) is 0 Å². The number of hydrogen-bond donors (Lipinski definition) is 1. The van der Waals surface area contributed by atoms with E-state index in [0.29, 0.717) is 18.3 Å². The number of carbonyl (C=O) groups is 1. The molecular weight excluding hydrogens is 354 g/mol. The number of amides is 1. The number of ether oxygens (including phenoxy) is 1. The summed E-state index contributed by atoms with van der Waals surface area (Å²) in [6.07, 6.45) is 0. The maximum Gasteiger partial charge on any atom is 0.249 e. The van der Waals surface area contributed by atoms with Crippen LogP contribution in [0.25, 0.3) is 11.4 Å². The summed E-state index contributed by atoms with van der Waals surface area (Å²) in [5.74, 6) is 0.770. The van der Waals surface area contributed by atoms with Crippen LogP contribution in [0.15, 0.2) is 59.1 Å². The fourth-order valence-corrected chi connectivity index (χ4v) is 2.75. The van der Waals surface area contributed by atoms with E-state index in [1.54, 1.807) is 0 Å². The molecule has 1 heterocycles. The highest BCUT2D eigenvalue weighted by atomic mass is 16.5. The first-order chi connectivity index (χ1) is 13.5. The van der Waals surface area contributed by atoms with Gasteiger partial charge in [0.25, 0.3) is 0 Å². The van der Waals surface area contributed by atoms with Gasteiger partial charge >= 0.3 is 0 Å². The van der Waals surface area contributed by atoms with Crippen molar-refractivity contribution in [2.45, 2.75) is 33.4 Å². The average molecular weight is 379 g/mol. The molecule has 0 radical (unpaired) electrons. The molecule has 0 bridgehead atoms. The summed E-state index contributed by atoms with van der Waals surface area (Å²) in [6, 6.07) is 17.3. The Labute approximate surface area is 164 Å². The quantitative estimate of drug-likeness (QED) is 0.638. The van der Waals surface area contributed by atoms with Crippen LogP contribution in [0.3, 0.4) is 0 Å². The first-order valence-corrected chi connectivity index (χ1v) is 9.34. The van der Waals surface area contributed by atoms with Crippen LogP contribution in [0.1, 0.15) is 36.9 Å². The molecule has 6 heteroatoms. The van der Waals surface area contributed by atoms with Crippen LogP contribution >= 0.6 is 0 Å². The van der Waals surface area contributed by atoms with E-state index in [0.717, 1.165) is 16.7 Å². The lowest BCUT2D eigenvalue weighted by molar-refractivity contribution is -0.127. The summed E-state index contributed by atoms with van der Waals surface area (Å²) in [4.78, 5) is 16.8. The van der Waals surface area contributed by atoms with Crippen molar-refractivity contribution in [2.24, 2.45) is 5.92 Å². The van der Waals surface area contributed by atoms with Gasteiger partial charge in [-0.05, 0) is 18.4 Å². The summed E-state index contributed by atoms with van der Waals surface area (Å²) in [5.41, 5.74) is 3.06. The molecule has 0 spiro atoms. The summed E-state index contributed by atoms with van der Waals surface area (Å²) >= 11 is 0. The number of nitrogens with one attached hydrogen (secondary N) is 1. The molecule has 1 amide bonds. The molecule has 1 unspecified atom stereocenters. The molecule has 0 aliphatic carbocycles. The summed E-state index contributed by atoms with van der Waals surface area (Å²) in [6.45, 7) is 6.36. The predicted octanol–water partition coefficient (Wildman–Crippen LogP) is 4.08. The van der Waals surface area contributed by atoms with Crippen LogP contribution in [-0.4, -0.2) is 22.7 Å². The van der Waals surface area contributed by atoms with Gasteiger partial charge in [0.2, 0.25) is 17.6 Å². The van der Waals surface area contributed by atoms with Crippen LogP contribution in [-0.2, 0) is 16.1 Å². The van der Waals surface area contributed by atoms with Gasteiger partial charge in [-0.1, -0.05) is 79.2 Å². The molecule has 6 nitrogen and oxygen atoms in total. The monoisotopic (exact) mass is 379 g/mol. The minimum atomic E-state index is -0.375. The zero-order chi connectivity index (χ0) is 19.9. The standard InChI is InChI=1S/C22H25N3O3/c1-15(2)20(23-19(26)14-27-13-17-7-5-4-6-8-17)22-24-21(25-28-22)18-11-9-16(3)10-12-18/h4-12,15,20H,13-14H2,1-3H3,(H,23,26). The maximum absolute atomic E-state index is 12.3. The smallest absolute Gasteiger partial charge is 0.249 e. The molecule has 1 aromatic heterocycles. The molecule has 0 aliphatic rings. The molecule has 0 aliphatic heterocycles. The lowest BCUT2D eigenvalue weighted by atomic mass is 10.0. The third-order valence-electron chi connectivity index (χ3n) is 4.35. The van der Waals surface area contributed by atoms with Crippen molar-refractivity contribution in [3.05, 3.63) is 71.6 Å². The zero-order valence-electron chi connectivity index (χ0n) is 16.4. The van der Waals surface area contributed by atoms with Crippen LogP contribution in [0.4, 0.5) is 0 Å². The highest BCUT2D eigenvalue weighted by molar-refractivity contribution is 5.77. The Balaban J connectivity index is 1.60. The van der Waals surface area contributed by atoms with Crippen molar-refractivity contribution >= 4 is 5.91 Å². The van der Waals surface area contributed by atoms with Crippen LogP contribution in [0, 0.1) is 12.8 Å². The molecule has 1 N–H and O–H groups in total. The van der Waals surface area contributed by atoms with Crippen LogP contribution < -0.4 is 5.32 Å². The molecular formula is C22H25N3O3. The Hall–Kier alpha value is -2.99. The highest BCUT2D eigenvalue weighted by Gasteiger charge is 2.24. The summed E-state index contributed by atoms with van der Waals surface area (Å²) in [5, 5.41) is 6.99. The van der Waals surface area contributed by atoms with E-state index in [-0.39, 0.29) is 24.5 Å². The van der Waals surface area contributed by atoms with Gasteiger partial charge in [-0.3, -0.25) is 4.79 Å². The molecule has 146 valence electrons. The van der Waals surface area contributed by atoms with E-state index in [9.17, 15) is 4.79 Å². The van der Waals surface area contributed by atoms with Gasteiger partial charge in [0.1, 0.15) is 12.6 Å². The van der Waals surface area contributed by atoms with Crippen molar-refractivity contribution < 1.29 is 14.1 Å². The van der Waals surface area contributed by atoms with Crippen molar-refractivity contribution in [3.8, 4) is 11.4 Å². The molecule has 28 heavy (non-hydrogen) atoms. The fourth-order valence-electron chi connectivity index (χ4n) is 2.75. The second-order valence-corrected chi connectivity index (χ2v) is 7.09. The third-order valence-corrected chi connectivity index (χ3v) is 4.35. The van der Waals surface area contributed by atoms with Gasteiger partial charge in [-0.25, -0.2) is 0 Å². The number of nitrogens with zero attached hydrogens (tertiary/aromatic N) is 2. The molecule has 1 atom stereocenters. The minimum Gasteiger partial charge on any atom is -0.367 e. The Morgan fingerprint density at radius 3 is 2.50 bits per heavy atom. The predicted molar refractivity (Wildman–Crippen MR) is 106 cm³/mol. The van der Waals surface area contributed by atoms with Crippen molar-refractivity contribution in [2.75, 3.05) is 6.61 Å². The SMILES string of the molecule is Cc1ccc(-c2noc(C(NC(=O)COCc3ccccc3)C(C)C)n2)cc1. The van der Waals surface area contributed by atoms with E-state index >= 15 is 0 Å². The van der Waals surface area contributed by atoms with E-state index < -0.39 is 0 Å². The number of rotatable bonds is 8. The Kier molecular flexibility index (Phi) is 6.55. The molecule has 0 saturated carbocycles. The second kappa shape index (κ2) is 9.28. The molecule has 3 rings (SSSR count). The van der Waals surface area contributed by atoms with Gasteiger partial charge < -0.3 is 14.6 Å². The number of hydrogen-bond acceptors (Lipinski definition) is 5. The van der Waals surface area contributed by atoms with Crippen molar-refractivity contribution in [1.82, 2.24) is 15.5 Å². The lowest BCUT2D eigenvalue weighted by Gasteiger charge is -2.18. The van der Waals surface area contributed by atoms with E-state index in [4.69, 9.17) is 9.26 Å². The first-order valence-electron chi connectivity index (χ1n) is 9.34. The summed E-state index contributed by atoms with van der Waals surface area (Å²) < 4.78 is 10.9. The zero-order valence-corrected chi connectivity index (χ0v) is 16.4. The number of carbonyl (C=O) groups excluding carboxylic acids is 1. The number of aryl methyl sites for hydroxylation is 1. The van der Waals surface area contributed by atoms with E-state index in [2.05, 4.69) is 15.5 Å². The van der Waals surface area contributed by atoms with Gasteiger partial charge in [0.05, 0.1) is 6.61 Å². The minimum absolute atomic E-state index is 0.0307. The molecule has 0 saturated heterocycles. The number of aromatic nitrogens is 2. The topological polar surface area (TPSA) is 77.2 Å². The van der Waals surface area contributed by atoms with Gasteiger partial charge in [-0.2, -0.15) is 4.98 Å². The van der Waals surface area contributed by atoms with Crippen LogP contribution in [0.2, 0.25) is 0 Å². The van der Waals surface area contributed by atoms with Crippen LogP contribution in [0.5, 0.6) is 0 Å². The fraction of sp³-hybridized carbons (Fsp3) is 0.318. The molecule has 2 aromatic carbocycles. The average Bonchev–Trinajstić information content (AvgIpc) is 3.17. The third kappa shape index (κ3) is 5.27. The van der Waals surface area contributed by atoms with Crippen molar-refractivity contribution in [3.63, 3.8) is 0 Å². The normalized spacial score (nSPS) is 12.1. The van der Waals surface area contributed by atoms with Crippen molar-refractivity contribution in [1.29, 1.82) is 0 Å². The van der Waals surface area contributed by atoms with Gasteiger partial charge in [-0.15, -0.1) is 0 Å². The number of benzene rings is 2. The molecule has 3 aromatic rings. The highest BCUT2D eigenvalue weighted by Crippen LogP contribution is 2.23. The Bertz CT molecular complexity index is 889. The first kappa shape index (κ1) is 19.8. The lowest BCUT2D eigenvalue weighted by Crippen LogP contribution is -2.34. The Morgan fingerprint density at radius 1 is 1.11 bits per heavy atom. The largest absolute Gasteiger partial charge is 0.367 e. The maximum atomic E-state index is 12.3. The summed E-state index contributed by atoms with van der Waals surface area (Å²) in [7, 11) is 0. The molecule has 0 fully saturated rings. The second-order valence-electron chi connectivity index (χ2n) is 7.09. The van der Waals surface area contributed by atoms with Gasteiger partial charge in [0, 0.05) is 5.56 Å². The Morgan fingerprint density at radius 2 is 1.82 bits per heavy atom. The van der Waals surface area contributed by atoms with E-state index in [1.807, 2.05) is 75.4 Å². The van der Waals surface area contributed by atoms with E-state index in [1.165, 1.54) is 0 Å².